The number of aliphatic hydroxyl groups excluding tert-OH is 1. The lowest BCUT2D eigenvalue weighted by Crippen LogP contribution is -2.25. The summed E-state index contributed by atoms with van der Waals surface area (Å²) in [5.74, 6) is -1.22. The molecule has 0 aliphatic carbocycles. The molecular weight excluding hydrogens is 488 g/mol. The minimum atomic E-state index is -1.11. The molecule has 1 rings (SSSR count). The second-order valence-corrected chi connectivity index (χ2v) is 6.94. The van der Waals surface area contributed by atoms with Crippen molar-refractivity contribution in [2.24, 2.45) is 0 Å². The maximum Gasteiger partial charge on any atom is 0.339 e. The molecule has 0 aliphatic rings. The van der Waals surface area contributed by atoms with Crippen LogP contribution in [0.3, 0.4) is 0 Å². The highest BCUT2D eigenvalue weighted by molar-refractivity contribution is 9.13. The topological polar surface area (TPSA) is 72.8 Å². The Bertz CT molecular complexity index is 600. The SMILES string of the molecule is C=C(C)C(=O)OCC(O)COC(=O)c1cc(Br)cc(Br)c1Br. The van der Waals surface area contributed by atoms with E-state index in [0.717, 1.165) is 0 Å². The van der Waals surface area contributed by atoms with Crippen LogP contribution in [-0.4, -0.2) is 36.4 Å². The Hall–Kier alpha value is -0.700. The average Bonchev–Trinajstić information content (AvgIpc) is 2.45. The molecule has 5 nitrogen and oxygen atoms in total. The predicted octanol–water partition coefficient (Wildman–Crippen LogP) is 3.61. The number of hydrogen-bond acceptors (Lipinski definition) is 5. The van der Waals surface area contributed by atoms with Crippen LogP contribution in [0.15, 0.2) is 37.7 Å². The largest absolute Gasteiger partial charge is 0.459 e. The van der Waals surface area contributed by atoms with Crippen molar-refractivity contribution in [1.82, 2.24) is 0 Å². The summed E-state index contributed by atoms with van der Waals surface area (Å²) >= 11 is 9.85. The summed E-state index contributed by atoms with van der Waals surface area (Å²) in [5.41, 5.74) is 0.527. The molecule has 120 valence electrons. The number of benzene rings is 1. The van der Waals surface area contributed by atoms with E-state index in [2.05, 4.69) is 54.4 Å². The minimum absolute atomic E-state index is 0.229. The average molecular weight is 501 g/mol. The van der Waals surface area contributed by atoms with Crippen LogP contribution in [-0.2, 0) is 14.3 Å². The fourth-order valence-electron chi connectivity index (χ4n) is 1.30. The summed E-state index contributed by atoms with van der Waals surface area (Å²) in [6.45, 7) is 4.35. The van der Waals surface area contributed by atoms with Gasteiger partial charge >= 0.3 is 11.9 Å². The smallest absolute Gasteiger partial charge is 0.339 e. The van der Waals surface area contributed by atoms with Gasteiger partial charge in [-0.15, -0.1) is 0 Å². The highest BCUT2D eigenvalue weighted by Crippen LogP contribution is 2.31. The molecule has 0 saturated carbocycles. The molecule has 1 N–H and O–H groups in total. The van der Waals surface area contributed by atoms with Crippen LogP contribution in [0.2, 0.25) is 0 Å². The van der Waals surface area contributed by atoms with Gasteiger partial charge in [0.05, 0.1) is 5.56 Å². The van der Waals surface area contributed by atoms with Crippen LogP contribution in [0.1, 0.15) is 17.3 Å². The van der Waals surface area contributed by atoms with E-state index in [-0.39, 0.29) is 18.8 Å². The molecule has 1 atom stereocenters. The van der Waals surface area contributed by atoms with Gasteiger partial charge in [0.2, 0.25) is 0 Å². The van der Waals surface area contributed by atoms with E-state index in [9.17, 15) is 14.7 Å². The Morgan fingerprint density at radius 3 is 2.41 bits per heavy atom. The molecule has 1 aromatic carbocycles. The molecule has 0 saturated heterocycles. The number of hydrogen-bond donors (Lipinski definition) is 1. The second-order valence-electron chi connectivity index (χ2n) is 4.38. The van der Waals surface area contributed by atoms with E-state index < -0.39 is 18.0 Å². The van der Waals surface area contributed by atoms with E-state index in [4.69, 9.17) is 9.47 Å². The first-order valence-electron chi connectivity index (χ1n) is 6.04. The van der Waals surface area contributed by atoms with Crippen molar-refractivity contribution in [1.29, 1.82) is 0 Å². The molecule has 0 heterocycles. The Morgan fingerprint density at radius 2 is 1.82 bits per heavy atom. The Morgan fingerprint density at radius 1 is 1.23 bits per heavy atom. The molecule has 0 spiro atoms. The minimum Gasteiger partial charge on any atom is -0.459 e. The molecule has 0 aromatic heterocycles. The van der Waals surface area contributed by atoms with Crippen LogP contribution < -0.4 is 0 Å². The summed E-state index contributed by atoms with van der Waals surface area (Å²) in [6.07, 6.45) is -1.11. The predicted molar refractivity (Wildman–Crippen MR) is 91.6 cm³/mol. The number of rotatable bonds is 6. The molecule has 8 heteroatoms. The van der Waals surface area contributed by atoms with Crippen molar-refractivity contribution in [2.75, 3.05) is 13.2 Å². The van der Waals surface area contributed by atoms with E-state index in [1.807, 2.05) is 0 Å². The van der Waals surface area contributed by atoms with Crippen molar-refractivity contribution in [3.63, 3.8) is 0 Å². The normalized spacial score (nSPS) is 11.7. The van der Waals surface area contributed by atoms with Gasteiger partial charge in [0.1, 0.15) is 19.3 Å². The number of esters is 2. The molecule has 22 heavy (non-hydrogen) atoms. The van der Waals surface area contributed by atoms with Crippen LogP contribution >= 0.6 is 47.8 Å². The molecular formula is C14H13Br3O5. The third kappa shape index (κ3) is 5.83. The monoisotopic (exact) mass is 498 g/mol. The molecule has 0 aliphatic heterocycles. The number of carbonyl (C=O) groups excluding carboxylic acids is 2. The molecule has 0 fully saturated rings. The summed E-state index contributed by atoms with van der Waals surface area (Å²) < 4.78 is 11.7. The highest BCUT2D eigenvalue weighted by Gasteiger charge is 2.17. The summed E-state index contributed by atoms with van der Waals surface area (Å²) in [5, 5.41) is 9.64. The zero-order valence-corrected chi connectivity index (χ0v) is 16.3. The molecule has 0 amide bonds. The number of carbonyl (C=O) groups is 2. The van der Waals surface area contributed by atoms with Crippen molar-refractivity contribution < 1.29 is 24.2 Å². The zero-order valence-electron chi connectivity index (χ0n) is 11.6. The van der Waals surface area contributed by atoms with Gasteiger partial charge < -0.3 is 14.6 Å². The standard InChI is InChI=1S/C14H13Br3O5/c1-7(2)13(19)21-5-9(18)6-22-14(20)10-3-8(15)4-11(16)12(10)17/h3-4,9,18H,1,5-6H2,2H3. The van der Waals surface area contributed by atoms with Crippen molar-refractivity contribution in [3.05, 3.63) is 43.3 Å². The molecule has 1 unspecified atom stereocenters. The Kier molecular flexibility index (Phi) is 7.75. The van der Waals surface area contributed by atoms with E-state index in [0.29, 0.717) is 19.0 Å². The quantitative estimate of drug-likeness (QED) is 0.367. The molecule has 1 aromatic rings. The van der Waals surface area contributed by atoms with Gasteiger partial charge in [-0.25, -0.2) is 9.59 Å². The van der Waals surface area contributed by atoms with Crippen LogP contribution in [0, 0.1) is 0 Å². The van der Waals surface area contributed by atoms with Crippen LogP contribution in [0.4, 0.5) is 0 Å². The third-order valence-electron chi connectivity index (χ3n) is 2.37. The summed E-state index contributed by atoms with van der Waals surface area (Å²) in [4.78, 5) is 23.2. The maximum atomic E-state index is 12.0. The van der Waals surface area contributed by atoms with Gasteiger partial charge in [0, 0.05) is 19.0 Å². The van der Waals surface area contributed by atoms with Gasteiger partial charge in [-0.2, -0.15) is 0 Å². The number of aliphatic hydroxyl groups is 1. The first-order chi connectivity index (χ1) is 10.2. The van der Waals surface area contributed by atoms with Crippen molar-refractivity contribution in [3.8, 4) is 0 Å². The molecule has 0 bridgehead atoms. The fourth-order valence-corrected chi connectivity index (χ4v) is 2.91. The van der Waals surface area contributed by atoms with Gasteiger partial charge in [0.25, 0.3) is 0 Å². The Labute approximate surface area is 153 Å². The van der Waals surface area contributed by atoms with E-state index in [1.165, 1.54) is 6.92 Å². The van der Waals surface area contributed by atoms with Gasteiger partial charge in [-0.1, -0.05) is 22.5 Å². The molecule has 0 radical (unpaired) electrons. The number of halogens is 3. The maximum absolute atomic E-state index is 12.0. The van der Waals surface area contributed by atoms with Gasteiger partial charge in [-0.05, 0) is 50.9 Å². The first-order valence-corrected chi connectivity index (χ1v) is 8.42. The van der Waals surface area contributed by atoms with Crippen molar-refractivity contribution >= 4 is 59.7 Å². The second kappa shape index (κ2) is 8.81. The van der Waals surface area contributed by atoms with Crippen molar-refractivity contribution in [2.45, 2.75) is 13.0 Å². The summed E-state index contributed by atoms with van der Waals surface area (Å²) in [7, 11) is 0. The lowest BCUT2D eigenvalue weighted by atomic mass is 10.2. The van der Waals surface area contributed by atoms with Crippen LogP contribution in [0.5, 0.6) is 0 Å². The fraction of sp³-hybridized carbons (Fsp3) is 0.286. The lowest BCUT2D eigenvalue weighted by molar-refractivity contribution is -0.142. The third-order valence-corrected chi connectivity index (χ3v) is 4.84. The van der Waals surface area contributed by atoms with E-state index >= 15 is 0 Å². The van der Waals surface area contributed by atoms with Gasteiger partial charge in [-0.3, -0.25) is 0 Å². The number of ether oxygens (including phenoxy) is 2. The van der Waals surface area contributed by atoms with E-state index in [1.54, 1.807) is 12.1 Å². The zero-order chi connectivity index (χ0) is 16.9. The lowest BCUT2D eigenvalue weighted by Gasteiger charge is -2.13. The highest BCUT2D eigenvalue weighted by atomic mass is 79.9. The summed E-state index contributed by atoms with van der Waals surface area (Å²) in [6, 6.07) is 3.36. The van der Waals surface area contributed by atoms with Gasteiger partial charge in [0.15, 0.2) is 0 Å². The first kappa shape index (κ1) is 19.3. The Balaban J connectivity index is 2.56. The van der Waals surface area contributed by atoms with Crippen LogP contribution in [0.25, 0.3) is 0 Å².